The van der Waals surface area contributed by atoms with Crippen LogP contribution in [-0.2, 0) is 6.42 Å². The fourth-order valence-corrected chi connectivity index (χ4v) is 2.98. The van der Waals surface area contributed by atoms with Crippen molar-refractivity contribution in [2.45, 2.75) is 12.5 Å². The fraction of sp³-hybridized carbons (Fsp3) is 0.111. The van der Waals surface area contributed by atoms with Crippen LogP contribution >= 0.6 is 11.6 Å². The molecule has 0 radical (unpaired) electrons. The van der Waals surface area contributed by atoms with Crippen molar-refractivity contribution in [1.82, 2.24) is 9.97 Å². The molecular weight excluding hydrogens is 343 g/mol. The topological polar surface area (TPSA) is 73.1 Å². The maximum absolute atomic E-state index is 13.8. The van der Waals surface area contributed by atoms with Gasteiger partial charge in [0.15, 0.2) is 5.82 Å². The Balaban J connectivity index is 1.79. The molecule has 0 bridgehead atoms. The van der Waals surface area contributed by atoms with E-state index in [9.17, 15) is 4.39 Å². The second-order valence-corrected chi connectivity index (χ2v) is 6.19. The van der Waals surface area contributed by atoms with Gasteiger partial charge in [0.1, 0.15) is 23.6 Å². The van der Waals surface area contributed by atoms with Gasteiger partial charge in [-0.15, -0.1) is 0 Å². The Hall–Kier alpha value is -2.86. The Morgan fingerprint density at radius 3 is 2.76 bits per heavy atom. The lowest BCUT2D eigenvalue weighted by molar-refractivity contribution is 0.460. The summed E-state index contributed by atoms with van der Waals surface area (Å²) < 4.78 is 19.7. The first kappa shape index (κ1) is 15.7. The Bertz CT molecular complexity index is 933. The van der Waals surface area contributed by atoms with Crippen LogP contribution in [0.4, 0.5) is 15.9 Å². The van der Waals surface area contributed by atoms with E-state index in [-0.39, 0.29) is 17.7 Å². The van der Waals surface area contributed by atoms with Gasteiger partial charge in [-0.05, 0) is 42.3 Å². The first-order valence-electron chi connectivity index (χ1n) is 7.69. The smallest absolute Gasteiger partial charge is 0.248 e. The van der Waals surface area contributed by atoms with Crippen LogP contribution in [0, 0.1) is 5.82 Å². The third kappa shape index (κ3) is 3.08. The Morgan fingerprint density at radius 1 is 1.16 bits per heavy atom. The molecule has 1 unspecified atom stereocenters. The summed E-state index contributed by atoms with van der Waals surface area (Å²) in [4.78, 5) is 8.13. The van der Waals surface area contributed by atoms with Crippen LogP contribution in [-0.4, -0.2) is 9.97 Å². The quantitative estimate of drug-likeness (QED) is 0.714. The van der Waals surface area contributed by atoms with Crippen molar-refractivity contribution in [3.05, 3.63) is 70.8 Å². The van der Waals surface area contributed by atoms with Crippen molar-refractivity contribution in [1.29, 1.82) is 0 Å². The molecule has 0 saturated heterocycles. The SMILES string of the molecule is Nc1ncnc2c1NC(Cc1ccc(Cl)cc1)c1cc(F)ccc1O2. The zero-order valence-corrected chi connectivity index (χ0v) is 13.8. The minimum Gasteiger partial charge on any atom is -0.437 e. The van der Waals surface area contributed by atoms with E-state index >= 15 is 0 Å². The molecule has 25 heavy (non-hydrogen) atoms. The predicted molar refractivity (Wildman–Crippen MR) is 94.4 cm³/mol. The van der Waals surface area contributed by atoms with Crippen LogP contribution in [0.5, 0.6) is 11.6 Å². The maximum atomic E-state index is 13.8. The molecule has 3 N–H and O–H groups in total. The van der Waals surface area contributed by atoms with Gasteiger partial charge in [-0.2, -0.15) is 4.98 Å². The molecule has 1 atom stereocenters. The summed E-state index contributed by atoms with van der Waals surface area (Å²) in [6.07, 6.45) is 1.92. The van der Waals surface area contributed by atoms with Crippen molar-refractivity contribution in [2.24, 2.45) is 0 Å². The van der Waals surface area contributed by atoms with Crippen LogP contribution in [0.25, 0.3) is 0 Å². The average Bonchev–Trinajstić information content (AvgIpc) is 2.75. The number of nitrogens with two attached hydrogens (primary N) is 1. The standard InChI is InChI=1S/C18H14ClFN4O/c19-11-3-1-10(2-4-11)7-14-13-8-12(20)5-6-15(13)25-18-16(24-14)17(21)22-9-23-18/h1-6,8-9,14,24H,7H2,(H2,21,22,23). The molecule has 1 aliphatic heterocycles. The Morgan fingerprint density at radius 2 is 1.96 bits per heavy atom. The molecule has 4 rings (SSSR count). The molecule has 0 amide bonds. The van der Waals surface area contributed by atoms with Crippen molar-refractivity contribution in [3.63, 3.8) is 0 Å². The average molecular weight is 357 g/mol. The number of hydrogen-bond acceptors (Lipinski definition) is 5. The highest BCUT2D eigenvalue weighted by Crippen LogP contribution is 2.42. The predicted octanol–water partition coefficient (Wildman–Crippen LogP) is 4.35. The maximum Gasteiger partial charge on any atom is 0.248 e. The molecule has 7 heteroatoms. The third-order valence-corrected chi connectivity index (χ3v) is 4.32. The van der Waals surface area contributed by atoms with Gasteiger partial charge < -0.3 is 15.8 Å². The number of hydrogen-bond donors (Lipinski definition) is 2. The van der Waals surface area contributed by atoms with E-state index in [2.05, 4.69) is 15.3 Å². The largest absolute Gasteiger partial charge is 0.437 e. The van der Waals surface area contributed by atoms with Gasteiger partial charge in [0.05, 0.1) is 6.04 Å². The van der Waals surface area contributed by atoms with Gasteiger partial charge >= 0.3 is 0 Å². The molecule has 0 aliphatic carbocycles. The summed E-state index contributed by atoms with van der Waals surface area (Å²) in [7, 11) is 0. The number of rotatable bonds is 2. The number of nitrogens with one attached hydrogen (secondary N) is 1. The normalized spacial score (nSPS) is 15.4. The lowest BCUT2D eigenvalue weighted by Crippen LogP contribution is -2.14. The highest BCUT2D eigenvalue weighted by molar-refractivity contribution is 6.30. The van der Waals surface area contributed by atoms with E-state index in [1.165, 1.54) is 18.5 Å². The number of halogens is 2. The zero-order valence-electron chi connectivity index (χ0n) is 13.0. The van der Waals surface area contributed by atoms with Crippen LogP contribution < -0.4 is 15.8 Å². The summed E-state index contributed by atoms with van der Waals surface area (Å²) in [5.74, 6) is 0.790. The second kappa shape index (κ2) is 6.22. The molecule has 0 fully saturated rings. The first-order chi connectivity index (χ1) is 12.1. The van der Waals surface area contributed by atoms with Crippen molar-refractivity contribution in [2.75, 3.05) is 11.1 Å². The number of nitrogen functional groups attached to an aromatic ring is 1. The van der Waals surface area contributed by atoms with E-state index in [1.807, 2.05) is 24.3 Å². The Kier molecular flexibility index (Phi) is 3.89. The number of nitrogens with zero attached hydrogens (tertiary/aromatic N) is 2. The lowest BCUT2D eigenvalue weighted by Gasteiger charge is -2.19. The van der Waals surface area contributed by atoms with E-state index in [1.54, 1.807) is 6.07 Å². The van der Waals surface area contributed by atoms with Crippen LogP contribution in [0.15, 0.2) is 48.8 Å². The molecule has 0 saturated carbocycles. The number of benzene rings is 2. The molecule has 0 spiro atoms. The summed E-state index contributed by atoms with van der Waals surface area (Å²) in [6.45, 7) is 0. The summed E-state index contributed by atoms with van der Waals surface area (Å²) >= 11 is 5.95. The van der Waals surface area contributed by atoms with E-state index < -0.39 is 0 Å². The fourth-order valence-electron chi connectivity index (χ4n) is 2.85. The minimum atomic E-state index is -0.338. The molecule has 1 aliphatic rings. The summed E-state index contributed by atoms with van der Waals surface area (Å²) in [6, 6.07) is 11.6. The van der Waals surface area contributed by atoms with Gasteiger partial charge in [0, 0.05) is 10.6 Å². The van der Waals surface area contributed by atoms with Crippen LogP contribution in [0.2, 0.25) is 5.02 Å². The molecule has 3 aromatic rings. The number of fused-ring (bicyclic) bond motifs is 2. The van der Waals surface area contributed by atoms with Gasteiger partial charge in [-0.25, -0.2) is 9.37 Å². The number of ether oxygens (including phenoxy) is 1. The van der Waals surface area contributed by atoms with Gasteiger partial charge in [-0.1, -0.05) is 23.7 Å². The molecule has 2 aromatic carbocycles. The second-order valence-electron chi connectivity index (χ2n) is 5.75. The van der Waals surface area contributed by atoms with Crippen LogP contribution in [0.1, 0.15) is 17.2 Å². The number of aromatic nitrogens is 2. The van der Waals surface area contributed by atoms with Gasteiger partial charge in [0.2, 0.25) is 5.88 Å². The molecule has 1 aromatic heterocycles. The zero-order chi connectivity index (χ0) is 17.4. The first-order valence-corrected chi connectivity index (χ1v) is 8.07. The van der Waals surface area contributed by atoms with Gasteiger partial charge in [-0.3, -0.25) is 0 Å². The van der Waals surface area contributed by atoms with Crippen LogP contribution in [0.3, 0.4) is 0 Å². The molecular formula is C18H14ClFN4O. The van der Waals surface area contributed by atoms with Crippen molar-refractivity contribution in [3.8, 4) is 11.6 Å². The Labute approximate surface area is 148 Å². The summed E-state index contributed by atoms with van der Waals surface area (Å²) in [5.41, 5.74) is 8.19. The van der Waals surface area contributed by atoms with Crippen molar-refractivity contribution < 1.29 is 9.13 Å². The highest BCUT2D eigenvalue weighted by Gasteiger charge is 2.26. The molecule has 5 nitrogen and oxygen atoms in total. The molecule has 126 valence electrons. The summed E-state index contributed by atoms with van der Waals surface area (Å²) in [5, 5.41) is 3.96. The van der Waals surface area contributed by atoms with Crippen molar-refractivity contribution >= 4 is 23.1 Å². The third-order valence-electron chi connectivity index (χ3n) is 4.07. The highest BCUT2D eigenvalue weighted by atomic mass is 35.5. The van der Waals surface area contributed by atoms with E-state index in [4.69, 9.17) is 22.1 Å². The molecule has 2 heterocycles. The lowest BCUT2D eigenvalue weighted by atomic mass is 9.98. The monoisotopic (exact) mass is 356 g/mol. The minimum absolute atomic E-state index is 0.263. The van der Waals surface area contributed by atoms with E-state index in [0.717, 1.165) is 5.56 Å². The van der Waals surface area contributed by atoms with Gasteiger partial charge in [0.25, 0.3) is 0 Å². The van der Waals surface area contributed by atoms with E-state index in [0.29, 0.717) is 34.3 Å². The number of anilines is 2.